The molecule has 0 aliphatic rings. The predicted molar refractivity (Wildman–Crippen MR) is 73.7 cm³/mol. The number of carbonyl (C=O) groups is 1. The first-order valence-electron chi connectivity index (χ1n) is 6.02. The molecule has 0 unspecified atom stereocenters. The lowest BCUT2D eigenvalue weighted by atomic mass is 10.0. The first kappa shape index (κ1) is 14.8. The summed E-state index contributed by atoms with van der Waals surface area (Å²) >= 11 is 1.27. The van der Waals surface area contributed by atoms with E-state index in [1.807, 2.05) is 6.07 Å². The first-order valence-corrected chi connectivity index (χ1v) is 6.90. The number of nitrogens with zero attached hydrogens (tertiary/aromatic N) is 5. The zero-order valence-electron chi connectivity index (χ0n) is 11.1. The highest BCUT2D eigenvalue weighted by Crippen LogP contribution is 2.22. The van der Waals surface area contributed by atoms with Gasteiger partial charge < -0.3 is 0 Å². The van der Waals surface area contributed by atoms with Crippen LogP contribution in [-0.2, 0) is 11.3 Å². The van der Waals surface area contributed by atoms with E-state index < -0.39 is 10.8 Å². The van der Waals surface area contributed by atoms with Crippen LogP contribution < -0.4 is 0 Å². The molecule has 0 N–H and O–H groups in total. The van der Waals surface area contributed by atoms with Crippen molar-refractivity contribution in [3.05, 3.63) is 38.6 Å². The van der Waals surface area contributed by atoms with E-state index in [0.717, 1.165) is 11.9 Å². The molecule has 0 amide bonds. The van der Waals surface area contributed by atoms with Crippen LogP contribution in [0.4, 0.5) is 5.69 Å². The summed E-state index contributed by atoms with van der Waals surface area (Å²) in [6.07, 6.45) is 2.44. The van der Waals surface area contributed by atoms with Gasteiger partial charge in [-0.2, -0.15) is 10.4 Å². The molecule has 0 saturated heterocycles. The third-order valence-electron chi connectivity index (χ3n) is 2.75. The zero-order chi connectivity index (χ0) is 15.4. The molecule has 9 heteroatoms. The van der Waals surface area contributed by atoms with E-state index in [4.69, 9.17) is 5.26 Å². The second-order valence-electron chi connectivity index (χ2n) is 4.32. The number of aromatic nitrogens is 3. The maximum absolute atomic E-state index is 12.1. The van der Waals surface area contributed by atoms with Crippen molar-refractivity contribution in [1.29, 1.82) is 5.26 Å². The molecule has 0 radical (unpaired) electrons. The maximum Gasteiger partial charge on any atom is 0.306 e. The summed E-state index contributed by atoms with van der Waals surface area (Å²) in [6, 6.07) is 1.95. The molecule has 0 fully saturated rings. The second-order valence-corrected chi connectivity index (χ2v) is 5.21. The van der Waals surface area contributed by atoms with Crippen molar-refractivity contribution < 1.29 is 9.72 Å². The van der Waals surface area contributed by atoms with Gasteiger partial charge in [0.05, 0.1) is 11.0 Å². The Bertz CT molecular complexity index is 715. The average molecular weight is 305 g/mol. The van der Waals surface area contributed by atoms with E-state index >= 15 is 0 Å². The Morgan fingerprint density at radius 2 is 2.43 bits per heavy atom. The molecule has 0 aromatic carbocycles. The molecule has 2 aromatic rings. The standard InChI is InChI=1S/C12H11N5O3S/c1-8-7-21-12(15-8)10(4-13)11(18)2-3-16-6-9(5-14-16)17(19)20/h5-7,10H,2-3H2,1H3/t10-/m1/s1. The van der Waals surface area contributed by atoms with Crippen LogP contribution in [0.25, 0.3) is 0 Å². The molecule has 0 aliphatic heterocycles. The zero-order valence-corrected chi connectivity index (χ0v) is 11.9. The van der Waals surface area contributed by atoms with Gasteiger partial charge in [-0.15, -0.1) is 11.3 Å². The number of ketones is 1. The summed E-state index contributed by atoms with van der Waals surface area (Å²) in [5.74, 6) is -1.17. The lowest BCUT2D eigenvalue weighted by Gasteiger charge is -2.05. The Hall–Kier alpha value is -2.60. The molecule has 0 aliphatic carbocycles. The number of hydrogen-bond acceptors (Lipinski definition) is 7. The van der Waals surface area contributed by atoms with Crippen molar-refractivity contribution >= 4 is 22.8 Å². The molecule has 2 aromatic heterocycles. The molecule has 0 bridgehead atoms. The van der Waals surface area contributed by atoms with E-state index in [1.165, 1.54) is 22.2 Å². The van der Waals surface area contributed by atoms with E-state index in [1.54, 1.807) is 12.3 Å². The predicted octanol–water partition coefficient (Wildman–Crippen LogP) is 1.82. The van der Waals surface area contributed by atoms with Gasteiger partial charge in [0.2, 0.25) is 0 Å². The number of aryl methyl sites for hydroxylation is 2. The van der Waals surface area contributed by atoms with E-state index in [9.17, 15) is 14.9 Å². The molecule has 2 rings (SSSR count). The Labute approximate surface area is 123 Å². The van der Waals surface area contributed by atoms with E-state index in [0.29, 0.717) is 5.01 Å². The molecule has 1 atom stereocenters. The third kappa shape index (κ3) is 3.49. The number of carbonyl (C=O) groups excluding carboxylic acids is 1. The first-order chi connectivity index (χ1) is 10.0. The highest BCUT2D eigenvalue weighted by atomic mass is 32.1. The molecule has 2 heterocycles. The Morgan fingerprint density at radius 1 is 1.67 bits per heavy atom. The minimum atomic E-state index is -0.894. The smallest absolute Gasteiger partial charge is 0.298 e. The molecule has 0 spiro atoms. The summed E-state index contributed by atoms with van der Waals surface area (Å²) in [5, 5.41) is 25.7. The van der Waals surface area contributed by atoms with Crippen LogP contribution in [0.3, 0.4) is 0 Å². The van der Waals surface area contributed by atoms with E-state index in [-0.39, 0.29) is 24.4 Å². The second kappa shape index (κ2) is 6.23. The minimum Gasteiger partial charge on any atom is -0.298 e. The van der Waals surface area contributed by atoms with Crippen molar-refractivity contribution in [2.75, 3.05) is 0 Å². The van der Waals surface area contributed by atoms with Crippen LogP contribution in [-0.4, -0.2) is 25.5 Å². The lowest BCUT2D eigenvalue weighted by molar-refractivity contribution is -0.385. The highest BCUT2D eigenvalue weighted by Gasteiger charge is 2.23. The fourth-order valence-electron chi connectivity index (χ4n) is 1.71. The minimum absolute atomic E-state index is 0.0652. The topological polar surface area (TPSA) is 115 Å². The van der Waals surface area contributed by atoms with Crippen molar-refractivity contribution in [1.82, 2.24) is 14.8 Å². The van der Waals surface area contributed by atoms with Crippen molar-refractivity contribution in [2.24, 2.45) is 0 Å². The van der Waals surface area contributed by atoms with E-state index in [2.05, 4.69) is 10.1 Å². The number of thiazole rings is 1. The summed E-state index contributed by atoms with van der Waals surface area (Å²) in [6.45, 7) is 1.98. The average Bonchev–Trinajstić information content (AvgIpc) is 3.06. The van der Waals surface area contributed by atoms with Gasteiger partial charge in [-0.05, 0) is 6.92 Å². The molecular weight excluding hydrogens is 294 g/mol. The van der Waals surface area contributed by atoms with Gasteiger partial charge in [0.25, 0.3) is 0 Å². The van der Waals surface area contributed by atoms with Gasteiger partial charge >= 0.3 is 5.69 Å². The Balaban J connectivity index is 2.00. The summed E-state index contributed by atoms with van der Waals surface area (Å²) in [7, 11) is 0. The van der Waals surface area contributed by atoms with Crippen LogP contribution in [0.5, 0.6) is 0 Å². The molecule has 21 heavy (non-hydrogen) atoms. The van der Waals surface area contributed by atoms with Crippen molar-refractivity contribution in [2.45, 2.75) is 25.8 Å². The van der Waals surface area contributed by atoms with Gasteiger partial charge in [-0.3, -0.25) is 19.6 Å². The van der Waals surface area contributed by atoms with Crippen LogP contribution in [0, 0.1) is 28.4 Å². The SMILES string of the molecule is Cc1csc([C@H](C#N)C(=O)CCn2cc([N+](=O)[O-])cn2)n1. The number of Topliss-reactive ketones (excluding diaryl/α,β-unsaturated/α-hetero) is 1. The molecule has 108 valence electrons. The van der Waals surface area contributed by atoms with Crippen LogP contribution in [0.15, 0.2) is 17.8 Å². The van der Waals surface area contributed by atoms with Gasteiger partial charge in [0.15, 0.2) is 11.7 Å². The number of nitro groups is 1. The fourth-order valence-corrected chi connectivity index (χ4v) is 2.57. The fraction of sp³-hybridized carbons (Fsp3) is 0.333. The van der Waals surface area contributed by atoms with Crippen LogP contribution in [0.1, 0.15) is 23.0 Å². The summed E-state index contributed by atoms with van der Waals surface area (Å²) in [4.78, 5) is 26.2. The van der Waals surface area contributed by atoms with Gasteiger partial charge in [-0.25, -0.2) is 4.98 Å². The molecule has 8 nitrogen and oxygen atoms in total. The van der Waals surface area contributed by atoms with Gasteiger partial charge in [0.1, 0.15) is 17.4 Å². The molecule has 0 saturated carbocycles. The third-order valence-corrected chi connectivity index (χ3v) is 3.78. The number of rotatable bonds is 6. The lowest BCUT2D eigenvalue weighted by Crippen LogP contribution is -2.14. The monoisotopic (exact) mass is 305 g/mol. The summed E-state index contributed by atoms with van der Waals surface area (Å²) in [5.41, 5.74) is 0.639. The maximum atomic E-state index is 12.1. The van der Waals surface area contributed by atoms with Crippen LogP contribution in [0.2, 0.25) is 0 Å². The largest absolute Gasteiger partial charge is 0.306 e. The number of hydrogen-bond donors (Lipinski definition) is 0. The summed E-state index contributed by atoms with van der Waals surface area (Å²) < 4.78 is 1.32. The molecular formula is C12H11N5O3S. The van der Waals surface area contributed by atoms with Crippen molar-refractivity contribution in [3.63, 3.8) is 0 Å². The number of nitriles is 1. The van der Waals surface area contributed by atoms with Crippen LogP contribution >= 0.6 is 11.3 Å². The van der Waals surface area contributed by atoms with Crippen molar-refractivity contribution in [3.8, 4) is 6.07 Å². The highest BCUT2D eigenvalue weighted by molar-refractivity contribution is 7.09. The Morgan fingerprint density at radius 3 is 2.95 bits per heavy atom. The quantitative estimate of drug-likeness (QED) is 0.594. The van der Waals surface area contributed by atoms with Gasteiger partial charge in [0, 0.05) is 24.0 Å². The van der Waals surface area contributed by atoms with Gasteiger partial charge in [-0.1, -0.05) is 0 Å². The Kier molecular flexibility index (Phi) is 4.39. The normalized spacial score (nSPS) is 11.8.